The average Bonchev–Trinajstić information content (AvgIpc) is 2.99. The Morgan fingerprint density at radius 2 is 2.25 bits per heavy atom. The fraction of sp³-hybridized carbons (Fsp3) is 0.286. The summed E-state index contributed by atoms with van der Waals surface area (Å²) >= 11 is 6.19. The van der Waals surface area contributed by atoms with Crippen molar-refractivity contribution in [2.45, 2.75) is 30.2 Å². The van der Waals surface area contributed by atoms with Gasteiger partial charge in [-0.3, -0.25) is 0 Å². The molecule has 122 valence electrons. The van der Waals surface area contributed by atoms with Gasteiger partial charge in [0.25, 0.3) is 0 Å². The number of nitriles is 1. The molecule has 0 amide bonds. The van der Waals surface area contributed by atoms with Crippen LogP contribution in [0, 0.1) is 18.3 Å². The van der Waals surface area contributed by atoms with Crippen molar-refractivity contribution < 1.29 is 4.55 Å². The number of hydrogen-bond donors (Lipinski definition) is 1. The van der Waals surface area contributed by atoms with Crippen molar-refractivity contribution in [1.82, 2.24) is 24.7 Å². The summed E-state index contributed by atoms with van der Waals surface area (Å²) in [6.07, 6.45) is 3.05. The van der Waals surface area contributed by atoms with E-state index in [0.29, 0.717) is 33.4 Å². The molecule has 1 fully saturated rings. The average molecular weight is 379 g/mol. The number of benzene rings is 1. The van der Waals surface area contributed by atoms with Gasteiger partial charge in [-0.05, 0) is 19.8 Å². The summed E-state index contributed by atoms with van der Waals surface area (Å²) in [5.41, 5.74) is 0.0219. The van der Waals surface area contributed by atoms with E-state index in [0.717, 1.165) is 10.4 Å². The number of rotatable bonds is 4. The number of aromatic nitrogens is 4. The predicted octanol–water partition coefficient (Wildman–Crippen LogP) is 2.51. The zero-order valence-corrected chi connectivity index (χ0v) is 14.9. The van der Waals surface area contributed by atoms with Crippen molar-refractivity contribution >= 4 is 45.2 Å². The number of nitrogens with one attached hydrogen (secondary N) is 1. The summed E-state index contributed by atoms with van der Waals surface area (Å²) in [5, 5.41) is 24.2. The Balaban J connectivity index is 1.76. The van der Waals surface area contributed by atoms with Crippen LogP contribution in [0.1, 0.15) is 17.8 Å². The molecule has 0 saturated heterocycles. The summed E-state index contributed by atoms with van der Waals surface area (Å²) < 4.78 is 17.1. The molecule has 1 unspecified atom stereocenters. The topological polar surface area (TPSA) is 102 Å². The van der Waals surface area contributed by atoms with E-state index in [4.69, 9.17) is 16.9 Å². The Morgan fingerprint density at radius 3 is 2.88 bits per heavy atom. The second kappa shape index (κ2) is 5.68. The molecule has 2 heterocycles. The molecule has 4 rings (SSSR count). The first kappa shape index (κ1) is 15.8. The van der Waals surface area contributed by atoms with E-state index in [1.807, 2.05) is 6.92 Å². The molecule has 0 spiro atoms. The van der Waals surface area contributed by atoms with Gasteiger partial charge in [0.05, 0.1) is 34.2 Å². The number of aryl methyl sites for hydroxylation is 1. The first-order chi connectivity index (χ1) is 11.5. The van der Waals surface area contributed by atoms with Crippen LogP contribution in [0.15, 0.2) is 23.2 Å². The van der Waals surface area contributed by atoms with Crippen LogP contribution in [0.2, 0.25) is 5.02 Å². The smallest absolute Gasteiger partial charge is 0.233 e. The lowest BCUT2D eigenvalue weighted by molar-refractivity contribution is 0.570. The molecule has 10 heteroatoms. The molecule has 1 saturated carbocycles. The third-order valence-corrected chi connectivity index (χ3v) is 6.14. The maximum Gasteiger partial charge on any atom is 0.233 e. The fourth-order valence-electron chi connectivity index (χ4n) is 2.29. The number of hydrogen-bond acceptors (Lipinski definition) is 7. The van der Waals surface area contributed by atoms with E-state index in [9.17, 15) is 4.55 Å². The van der Waals surface area contributed by atoms with Crippen LogP contribution in [-0.2, 0) is 11.4 Å². The lowest BCUT2D eigenvalue weighted by atomic mass is 10.2. The van der Waals surface area contributed by atoms with Gasteiger partial charge in [-0.1, -0.05) is 22.9 Å². The quantitative estimate of drug-likeness (QED) is 0.699. The molecule has 7 nitrogen and oxygen atoms in total. The summed E-state index contributed by atoms with van der Waals surface area (Å²) in [6.45, 7) is 1.86. The van der Waals surface area contributed by atoms with Crippen molar-refractivity contribution in [2.24, 2.45) is 0 Å². The van der Waals surface area contributed by atoms with Gasteiger partial charge in [0, 0.05) is 17.5 Å². The van der Waals surface area contributed by atoms with Crippen molar-refractivity contribution in [3.8, 4) is 11.2 Å². The Hall–Kier alpha value is -1.70. The van der Waals surface area contributed by atoms with Crippen LogP contribution in [0.4, 0.5) is 0 Å². The summed E-state index contributed by atoms with van der Waals surface area (Å²) in [7, 11) is 0. The highest BCUT2D eigenvalue weighted by Crippen LogP contribution is 2.37. The first-order valence-electron chi connectivity index (χ1n) is 7.10. The summed E-state index contributed by atoms with van der Waals surface area (Å²) in [4.78, 5) is 0.497. The summed E-state index contributed by atoms with van der Waals surface area (Å²) in [5.74, 6) is 0. The molecule has 0 bridgehead atoms. The maximum absolute atomic E-state index is 12.6. The van der Waals surface area contributed by atoms with Crippen LogP contribution in [0.25, 0.3) is 16.0 Å². The molecule has 0 aliphatic heterocycles. The molecule has 1 aromatic carbocycles. The molecule has 0 radical (unpaired) electrons. The highest BCUT2D eigenvalue weighted by atomic mass is 35.5. The van der Waals surface area contributed by atoms with Crippen molar-refractivity contribution in [3.63, 3.8) is 0 Å². The molecular formula is C14H11ClN6OS2. The molecule has 1 atom stereocenters. The van der Waals surface area contributed by atoms with E-state index in [2.05, 4.69) is 26.1 Å². The molecule has 1 aliphatic carbocycles. The Labute approximate surface area is 149 Å². The molecule has 3 aromatic rings. The minimum atomic E-state index is -1.53. The third-order valence-electron chi connectivity index (χ3n) is 3.77. The zero-order chi connectivity index (χ0) is 16.9. The Bertz CT molecular complexity index is 973. The van der Waals surface area contributed by atoms with Crippen molar-refractivity contribution in [1.29, 1.82) is 5.26 Å². The molecule has 1 N–H and O–H groups in total. The van der Waals surface area contributed by atoms with Gasteiger partial charge in [0.15, 0.2) is 4.90 Å². The monoisotopic (exact) mass is 378 g/mol. The van der Waals surface area contributed by atoms with Crippen molar-refractivity contribution in [2.75, 3.05) is 0 Å². The highest BCUT2D eigenvalue weighted by molar-refractivity contribution is 7.89. The zero-order valence-electron chi connectivity index (χ0n) is 12.5. The minimum Gasteiger partial charge on any atom is -0.593 e. The standard InChI is InChI=1S/C14H11ClN6OS2/c1-8-18-19-13(23-8)21-12-5-9(4-11(15)10(12)6-17-21)24(22)20-14(7-16)2-3-14/h4-6,20H,2-3H2,1H3. The third kappa shape index (κ3) is 2.66. The van der Waals surface area contributed by atoms with Gasteiger partial charge in [0.2, 0.25) is 5.13 Å². The van der Waals surface area contributed by atoms with Gasteiger partial charge < -0.3 is 4.55 Å². The molecular weight excluding hydrogens is 368 g/mol. The van der Waals surface area contributed by atoms with Crippen LogP contribution < -0.4 is 4.72 Å². The maximum atomic E-state index is 12.6. The normalized spacial score (nSPS) is 16.9. The molecule has 2 aromatic heterocycles. The van der Waals surface area contributed by atoms with E-state index in [1.165, 1.54) is 11.3 Å². The number of fused-ring (bicyclic) bond motifs is 1. The van der Waals surface area contributed by atoms with Gasteiger partial charge >= 0.3 is 0 Å². The van der Waals surface area contributed by atoms with Gasteiger partial charge in [0.1, 0.15) is 10.5 Å². The van der Waals surface area contributed by atoms with Crippen LogP contribution in [-0.4, -0.2) is 30.1 Å². The van der Waals surface area contributed by atoms with Crippen LogP contribution >= 0.6 is 22.9 Å². The Morgan fingerprint density at radius 1 is 1.46 bits per heavy atom. The minimum absolute atomic E-state index is 0.451. The highest BCUT2D eigenvalue weighted by Gasteiger charge is 2.47. The molecule has 1 aliphatic rings. The van der Waals surface area contributed by atoms with Gasteiger partial charge in [-0.2, -0.15) is 10.4 Å². The second-order valence-electron chi connectivity index (χ2n) is 5.56. The lowest BCUT2D eigenvalue weighted by Crippen LogP contribution is -2.35. The Kier molecular flexibility index (Phi) is 3.74. The predicted molar refractivity (Wildman–Crippen MR) is 91.4 cm³/mol. The molecule has 24 heavy (non-hydrogen) atoms. The van der Waals surface area contributed by atoms with Gasteiger partial charge in [-0.25, -0.2) is 4.68 Å². The number of halogens is 1. The van der Waals surface area contributed by atoms with E-state index >= 15 is 0 Å². The van der Waals surface area contributed by atoms with E-state index in [1.54, 1.807) is 23.0 Å². The fourth-order valence-corrected chi connectivity index (χ4v) is 4.44. The van der Waals surface area contributed by atoms with Crippen molar-refractivity contribution in [3.05, 3.63) is 28.4 Å². The first-order valence-corrected chi connectivity index (χ1v) is 9.44. The second-order valence-corrected chi connectivity index (χ2v) is 8.34. The van der Waals surface area contributed by atoms with Gasteiger partial charge in [-0.15, -0.1) is 14.9 Å². The largest absolute Gasteiger partial charge is 0.593 e. The number of nitrogens with zero attached hydrogens (tertiary/aromatic N) is 5. The lowest BCUT2D eigenvalue weighted by Gasteiger charge is -2.14. The van der Waals surface area contributed by atoms with Crippen LogP contribution in [0.5, 0.6) is 0 Å². The SMILES string of the molecule is Cc1nnc(-n2ncc3c(Cl)cc([S+]([O-])NC4(C#N)CC4)cc32)s1. The van der Waals surface area contributed by atoms with E-state index < -0.39 is 16.9 Å². The van der Waals surface area contributed by atoms with E-state index in [-0.39, 0.29) is 0 Å². The van der Waals surface area contributed by atoms with Crippen LogP contribution in [0.3, 0.4) is 0 Å². The summed E-state index contributed by atoms with van der Waals surface area (Å²) in [6, 6.07) is 5.56.